The van der Waals surface area contributed by atoms with E-state index in [0.717, 1.165) is 8.95 Å². The van der Waals surface area contributed by atoms with E-state index in [1.54, 1.807) is 48.5 Å². The second-order valence-electron chi connectivity index (χ2n) is 6.86. The van der Waals surface area contributed by atoms with Gasteiger partial charge in [-0.3, -0.25) is 9.59 Å². The minimum Gasteiger partial charge on any atom is -0.493 e. The van der Waals surface area contributed by atoms with Gasteiger partial charge in [-0.2, -0.15) is 0 Å². The summed E-state index contributed by atoms with van der Waals surface area (Å²) < 4.78 is 17.8. The standard InChI is InChI=1S/C24H22Br2N2O5/c1-31-19-12-16(13-20(32-2)21(19)33-3)22(27-23(29)14-6-4-8-17(25)10-14)28-24(30)15-7-5-9-18(26)11-15/h4-13,22H,1-3H3,(H,27,29)(H,28,30). The Morgan fingerprint density at radius 2 is 1.18 bits per heavy atom. The second-order valence-corrected chi connectivity index (χ2v) is 8.69. The zero-order valence-corrected chi connectivity index (χ0v) is 21.3. The number of hydrogen-bond acceptors (Lipinski definition) is 5. The van der Waals surface area contributed by atoms with Crippen LogP contribution in [-0.4, -0.2) is 33.1 Å². The molecule has 0 saturated heterocycles. The van der Waals surface area contributed by atoms with Crippen LogP contribution in [-0.2, 0) is 0 Å². The van der Waals surface area contributed by atoms with Gasteiger partial charge in [0.15, 0.2) is 11.5 Å². The summed E-state index contributed by atoms with van der Waals surface area (Å²) >= 11 is 6.74. The number of carbonyl (C=O) groups is 2. The van der Waals surface area contributed by atoms with Crippen LogP contribution in [0.2, 0.25) is 0 Å². The molecule has 0 unspecified atom stereocenters. The van der Waals surface area contributed by atoms with Crippen molar-refractivity contribution in [2.45, 2.75) is 6.17 Å². The highest BCUT2D eigenvalue weighted by Gasteiger charge is 2.23. The van der Waals surface area contributed by atoms with Crippen molar-refractivity contribution in [2.24, 2.45) is 0 Å². The molecule has 0 atom stereocenters. The van der Waals surface area contributed by atoms with Crippen LogP contribution in [0.15, 0.2) is 69.6 Å². The molecule has 0 spiro atoms. The van der Waals surface area contributed by atoms with Gasteiger partial charge in [0.2, 0.25) is 5.75 Å². The number of amides is 2. The summed E-state index contributed by atoms with van der Waals surface area (Å²) in [5.41, 5.74) is 1.40. The number of carbonyl (C=O) groups excluding carboxylic acids is 2. The van der Waals surface area contributed by atoms with E-state index in [4.69, 9.17) is 14.2 Å². The lowest BCUT2D eigenvalue weighted by molar-refractivity contribution is 0.0883. The Bertz CT molecular complexity index is 1080. The average Bonchev–Trinajstić information content (AvgIpc) is 2.82. The summed E-state index contributed by atoms with van der Waals surface area (Å²) in [6.07, 6.45) is -0.892. The van der Waals surface area contributed by atoms with Gasteiger partial charge in [0.05, 0.1) is 21.3 Å². The molecule has 3 aromatic carbocycles. The van der Waals surface area contributed by atoms with E-state index in [0.29, 0.717) is 33.9 Å². The molecule has 0 aliphatic rings. The highest BCUT2D eigenvalue weighted by molar-refractivity contribution is 9.10. The van der Waals surface area contributed by atoms with Crippen LogP contribution in [0, 0.1) is 0 Å². The molecule has 3 aromatic rings. The maximum absolute atomic E-state index is 13.0. The lowest BCUT2D eigenvalue weighted by Crippen LogP contribution is -2.41. The maximum Gasteiger partial charge on any atom is 0.253 e. The summed E-state index contributed by atoms with van der Waals surface area (Å²) in [5, 5.41) is 5.75. The number of benzene rings is 3. The Morgan fingerprint density at radius 3 is 1.55 bits per heavy atom. The molecule has 2 amide bonds. The van der Waals surface area contributed by atoms with Crippen molar-refractivity contribution in [3.63, 3.8) is 0 Å². The summed E-state index contributed by atoms with van der Waals surface area (Å²) in [7, 11) is 4.49. The Hall–Kier alpha value is -3.04. The van der Waals surface area contributed by atoms with Gasteiger partial charge in [0.1, 0.15) is 6.17 Å². The zero-order chi connectivity index (χ0) is 24.0. The molecule has 3 rings (SSSR count). The Kier molecular flexibility index (Phi) is 8.35. The molecular weight excluding hydrogens is 556 g/mol. The van der Waals surface area contributed by atoms with E-state index < -0.39 is 6.17 Å². The van der Waals surface area contributed by atoms with Gasteiger partial charge in [-0.1, -0.05) is 44.0 Å². The molecule has 33 heavy (non-hydrogen) atoms. The third-order valence-corrected chi connectivity index (χ3v) is 5.73. The van der Waals surface area contributed by atoms with Gasteiger partial charge in [-0.25, -0.2) is 0 Å². The lowest BCUT2D eigenvalue weighted by atomic mass is 10.1. The van der Waals surface area contributed by atoms with Gasteiger partial charge in [0, 0.05) is 25.6 Å². The molecule has 0 heterocycles. The third kappa shape index (κ3) is 6.06. The number of nitrogens with one attached hydrogen (secondary N) is 2. The summed E-state index contributed by atoms with van der Waals surface area (Å²) in [4.78, 5) is 26.0. The van der Waals surface area contributed by atoms with E-state index in [1.807, 2.05) is 12.1 Å². The molecule has 2 N–H and O–H groups in total. The van der Waals surface area contributed by atoms with E-state index in [2.05, 4.69) is 42.5 Å². The van der Waals surface area contributed by atoms with Crippen LogP contribution >= 0.6 is 31.9 Å². The van der Waals surface area contributed by atoms with Crippen molar-refractivity contribution < 1.29 is 23.8 Å². The molecule has 0 saturated carbocycles. The SMILES string of the molecule is COc1cc(C(NC(=O)c2cccc(Br)c2)NC(=O)c2cccc(Br)c2)cc(OC)c1OC. The molecule has 0 fully saturated rings. The topological polar surface area (TPSA) is 85.9 Å². The predicted octanol–water partition coefficient (Wildman–Crippen LogP) is 5.10. The van der Waals surface area contributed by atoms with Crippen LogP contribution < -0.4 is 24.8 Å². The molecule has 0 radical (unpaired) electrons. The Labute approximate surface area is 208 Å². The Morgan fingerprint density at radius 1 is 0.727 bits per heavy atom. The zero-order valence-electron chi connectivity index (χ0n) is 18.1. The largest absolute Gasteiger partial charge is 0.493 e. The highest BCUT2D eigenvalue weighted by atomic mass is 79.9. The molecule has 0 aromatic heterocycles. The van der Waals surface area contributed by atoms with Crippen molar-refractivity contribution in [1.29, 1.82) is 0 Å². The van der Waals surface area contributed by atoms with E-state index in [1.165, 1.54) is 21.3 Å². The summed E-state index contributed by atoms with van der Waals surface area (Å²) in [5.74, 6) is 0.448. The summed E-state index contributed by atoms with van der Waals surface area (Å²) in [6, 6.07) is 17.3. The van der Waals surface area contributed by atoms with Crippen LogP contribution in [0.25, 0.3) is 0 Å². The van der Waals surface area contributed by atoms with Gasteiger partial charge >= 0.3 is 0 Å². The number of methoxy groups -OCH3 is 3. The molecule has 9 heteroatoms. The third-order valence-electron chi connectivity index (χ3n) is 4.74. The van der Waals surface area contributed by atoms with Crippen LogP contribution in [0.1, 0.15) is 32.4 Å². The fraction of sp³-hybridized carbons (Fsp3) is 0.167. The normalized spacial score (nSPS) is 10.5. The van der Waals surface area contributed by atoms with Gasteiger partial charge < -0.3 is 24.8 Å². The van der Waals surface area contributed by atoms with Crippen LogP contribution in [0.3, 0.4) is 0 Å². The highest BCUT2D eigenvalue weighted by Crippen LogP contribution is 2.39. The first-order valence-corrected chi connectivity index (χ1v) is 11.4. The van der Waals surface area contributed by atoms with Crippen molar-refractivity contribution >= 4 is 43.7 Å². The molecule has 0 bridgehead atoms. The minimum atomic E-state index is -0.892. The molecule has 0 aliphatic carbocycles. The molecular formula is C24H22Br2N2O5. The first-order valence-electron chi connectivity index (χ1n) is 9.79. The fourth-order valence-corrected chi connectivity index (χ4v) is 3.96. The molecule has 7 nitrogen and oxygen atoms in total. The quantitative estimate of drug-likeness (QED) is 0.364. The lowest BCUT2D eigenvalue weighted by Gasteiger charge is -2.23. The number of hydrogen-bond donors (Lipinski definition) is 2. The van der Waals surface area contributed by atoms with Gasteiger partial charge in [-0.15, -0.1) is 0 Å². The summed E-state index contributed by atoms with van der Waals surface area (Å²) in [6.45, 7) is 0. The number of rotatable bonds is 8. The maximum atomic E-state index is 13.0. The first-order chi connectivity index (χ1) is 15.9. The van der Waals surface area contributed by atoms with E-state index >= 15 is 0 Å². The predicted molar refractivity (Wildman–Crippen MR) is 132 cm³/mol. The fourth-order valence-electron chi connectivity index (χ4n) is 3.16. The van der Waals surface area contributed by atoms with Crippen molar-refractivity contribution in [2.75, 3.05) is 21.3 Å². The second kappa shape index (κ2) is 11.2. The van der Waals surface area contributed by atoms with Gasteiger partial charge in [0.25, 0.3) is 11.8 Å². The van der Waals surface area contributed by atoms with Crippen LogP contribution in [0.4, 0.5) is 0 Å². The average molecular weight is 578 g/mol. The number of ether oxygens (including phenoxy) is 3. The Balaban J connectivity index is 2.01. The molecule has 0 aliphatic heterocycles. The smallest absolute Gasteiger partial charge is 0.253 e. The minimum absolute atomic E-state index is 0.371. The van der Waals surface area contributed by atoms with Crippen LogP contribution in [0.5, 0.6) is 17.2 Å². The van der Waals surface area contributed by atoms with Crippen molar-refractivity contribution in [3.05, 3.63) is 86.3 Å². The molecule has 172 valence electrons. The first kappa shape index (κ1) is 24.6. The van der Waals surface area contributed by atoms with Crippen molar-refractivity contribution in [3.8, 4) is 17.2 Å². The monoisotopic (exact) mass is 576 g/mol. The van der Waals surface area contributed by atoms with E-state index in [9.17, 15) is 9.59 Å². The van der Waals surface area contributed by atoms with Gasteiger partial charge in [-0.05, 0) is 48.5 Å². The number of halogens is 2. The van der Waals surface area contributed by atoms with Crippen molar-refractivity contribution in [1.82, 2.24) is 10.6 Å². The van der Waals surface area contributed by atoms with E-state index in [-0.39, 0.29) is 11.8 Å².